The molecule has 212 valence electrons. The summed E-state index contributed by atoms with van der Waals surface area (Å²) in [6.45, 7) is 3.04. The zero-order valence-electron chi connectivity index (χ0n) is 22.0. The van der Waals surface area contributed by atoms with Crippen LogP contribution in [0.1, 0.15) is 37.0 Å². The van der Waals surface area contributed by atoms with Crippen LogP contribution >= 0.6 is 11.8 Å². The minimum Gasteiger partial charge on any atom is -0.477 e. The van der Waals surface area contributed by atoms with Crippen molar-refractivity contribution < 1.29 is 39.2 Å². The second kappa shape index (κ2) is 14.4. The summed E-state index contributed by atoms with van der Waals surface area (Å²) < 4.78 is 11.4. The summed E-state index contributed by atoms with van der Waals surface area (Å²) in [5.41, 5.74) is 2.32. The average Bonchev–Trinajstić information content (AvgIpc) is 2.94. The quantitative estimate of drug-likeness (QED) is 0.232. The first kappa shape index (κ1) is 30.6. The number of aliphatic hydroxyl groups is 2. The standard InChI is InChI=1S/C28H36N2O8S/c1-3-39-16-15-37-28(27(35)36)14-13-22(30-18(2)31)25(38-28)24(33)23(32)17-29-26(34)21-11-9-20(10-12-21)19-7-5-4-6-8-19/h4-12,22-25,32-33H,3,13-17H2,1-2H3,(H,29,34)(H,30,31)(H,35,36)/t22?,23-,24-,25-,28-/m1/s1. The highest BCUT2D eigenvalue weighted by Gasteiger charge is 2.52. The first-order chi connectivity index (χ1) is 18.7. The van der Waals surface area contributed by atoms with E-state index in [-0.39, 0.29) is 26.0 Å². The number of hydrogen-bond acceptors (Lipinski definition) is 8. The fourth-order valence-corrected chi connectivity index (χ4v) is 4.90. The van der Waals surface area contributed by atoms with Gasteiger partial charge in [0.15, 0.2) is 0 Å². The highest BCUT2D eigenvalue weighted by molar-refractivity contribution is 7.99. The number of aliphatic carboxylic acids is 1. The lowest BCUT2D eigenvalue weighted by Gasteiger charge is -2.44. The molecule has 0 saturated carbocycles. The summed E-state index contributed by atoms with van der Waals surface area (Å²) in [5.74, 6) is -2.85. The molecule has 2 aromatic rings. The molecule has 1 unspecified atom stereocenters. The lowest BCUT2D eigenvalue weighted by Crippen LogP contribution is -2.63. The van der Waals surface area contributed by atoms with Crippen LogP contribution in [-0.2, 0) is 19.1 Å². The third kappa shape index (κ3) is 8.26. The van der Waals surface area contributed by atoms with Crippen LogP contribution in [0.15, 0.2) is 54.6 Å². The highest BCUT2D eigenvalue weighted by Crippen LogP contribution is 2.33. The summed E-state index contributed by atoms with van der Waals surface area (Å²) in [4.78, 5) is 36.6. The van der Waals surface area contributed by atoms with Crippen LogP contribution in [0.2, 0.25) is 0 Å². The summed E-state index contributed by atoms with van der Waals surface area (Å²) in [7, 11) is 0. The molecule has 0 spiro atoms. The molecule has 10 nitrogen and oxygen atoms in total. The SMILES string of the molecule is CCSCCO[C@]1(C(=O)O)CCC(NC(C)=O)[C@H]([C@H](O)[C@H](O)CNC(=O)c2ccc(-c3ccccc3)cc2)O1. The molecule has 2 aromatic carbocycles. The van der Waals surface area contributed by atoms with Gasteiger partial charge in [-0.3, -0.25) is 9.59 Å². The van der Waals surface area contributed by atoms with Gasteiger partial charge < -0.3 is 35.4 Å². The first-order valence-electron chi connectivity index (χ1n) is 12.9. The minimum absolute atomic E-state index is 0.0564. The van der Waals surface area contributed by atoms with Crippen molar-refractivity contribution in [3.05, 3.63) is 60.2 Å². The Morgan fingerprint density at radius 3 is 2.38 bits per heavy atom. The van der Waals surface area contributed by atoms with Crippen LogP contribution in [-0.4, -0.2) is 87.9 Å². The number of carboxylic acid groups (broad SMARTS) is 1. The molecule has 0 aromatic heterocycles. The number of amides is 2. The number of rotatable bonds is 13. The molecule has 5 N–H and O–H groups in total. The van der Waals surface area contributed by atoms with E-state index in [1.165, 1.54) is 6.92 Å². The Balaban J connectivity index is 1.65. The van der Waals surface area contributed by atoms with E-state index in [9.17, 15) is 29.7 Å². The Labute approximate surface area is 232 Å². The average molecular weight is 561 g/mol. The van der Waals surface area contributed by atoms with Crippen LogP contribution in [0.25, 0.3) is 11.1 Å². The van der Waals surface area contributed by atoms with Gasteiger partial charge in [0.2, 0.25) is 5.91 Å². The molecule has 1 fully saturated rings. The van der Waals surface area contributed by atoms with Gasteiger partial charge in [0.1, 0.15) is 12.2 Å². The van der Waals surface area contributed by atoms with Gasteiger partial charge in [-0.05, 0) is 35.4 Å². The number of carboxylic acids is 1. The molecule has 11 heteroatoms. The summed E-state index contributed by atoms with van der Waals surface area (Å²) >= 11 is 1.57. The smallest absolute Gasteiger partial charge is 0.364 e. The van der Waals surface area contributed by atoms with Crippen LogP contribution in [0.3, 0.4) is 0 Å². The molecular formula is C28H36N2O8S. The lowest BCUT2D eigenvalue weighted by atomic mass is 9.90. The van der Waals surface area contributed by atoms with Gasteiger partial charge in [-0.25, -0.2) is 4.79 Å². The zero-order chi connectivity index (χ0) is 28.4. The van der Waals surface area contributed by atoms with E-state index in [0.29, 0.717) is 11.3 Å². The van der Waals surface area contributed by atoms with Crippen LogP contribution in [0, 0.1) is 0 Å². The van der Waals surface area contributed by atoms with Crippen molar-refractivity contribution in [3.8, 4) is 11.1 Å². The van der Waals surface area contributed by atoms with Gasteiger partial charge in [0, 0.05) is 31.2 Å². The van der Waals surface area contributed by atoms with Crippen molar-refractivity contribution in [3.63, 3.8) is 0 Å². The van der Waals surface area contributed by atoms with Gasteiger partial charge >= 0.3 is 5.97 Å². The van der Waals surface area contributed by atoms with Crippen molar-refractivity contribution in [2.24, 2.45) is 0 Å². The van der Waals surface area contributed by atoms with E-state index in [1.54, 1.807) is 23.9 Å². The molecule has 3 rings (SSSR count). The van der Waals surface area contributed by atoms with E-state index in [2.05, 4.69) is 10.6 Å². The number of carbonyl (C=O) groups is 3. The van der Waals surface area contributed by atoms with E-state index in [1.807, 2.05) is 49.4 Å². The summed E-state index contributed by atoms with van der Waals surface area (Å²) in [5, 5.41) is 36.8. The van der Waals surface area contributed by atoms with E-state index in [0.717, 1.165) is 16.9 Å². The second-order valence-electron chi connectivity index (χ2n) is 9.24. The van der Waals surface area contributed by atoms with Crippen LogP contribution in [0.4, 0.5) is 0 Å². The predicted octanol–water partition coefficient (Wildman–Crippen LogP) is 2.04. The molecule has 0 radical (unpaired) electrons. The Morgan fingerprint density at radius 1 is 1.10 bits per heavy atom. The maximum atomic E-state index is 12.7. The Morgan fingerprint density at radius 2 is 1.77 bits per heavy atom. The fourth-order valence-electron chi connectivity index (χ4n) is 4.41. The lowest BCUT2D eigenvalue weighted by molar-refractivity contribution is -0.294. The number of carbonyl (C=O) groups excluding carboxylic acids is 2. The van der Waals surface area contributed by atoms with Crippen molar-refractivity contribution in [1.29, 1.82) is 0 Å². The molecule has 39 heavy (non-hydrogen) atoms. The normalized spacial score (nSPS) is 22.5. The fraction of sp³-hybridized carbons (Fsp3) is 0.464. The van der Waals surface area contributed by atoms with Gasteiger partial charge in [0.05, 0.1) is 18.8 Å². The van der Waals surface area contributed by atoms with Crippen LogP contribution in [0.5, 0.6) is 0 Å². The maximum Gasteiger partial charge on any atom is 0.364 e. The molecule has 0 aliphatic carbocycles. The van der Waals surface area contributed by atoms with Gasteiger partial charge in [-0.1, -0.05) is 49.4 Å². The summed E-state index contributed by atoms with van der Waals surface area (Å²) in [6, 6.07) is 15.9. The van der Waals surface area contributed by atoms with Crippen molar-refractivity contribution in [2.45, 2.75) is 56.8 Å². The van der Waals surface area contributed by atoms with E-state index < -0.39 is 47.9 Å². The maximum absolute atomic E-state index is 12.7. The molecule has 1 heterocycles. The van der Waals surface area contributed by atoms with Gasteiger partial charge in [0.25, 0.3) is 11.7 Å². The Hall–Kier alpha value is -2.96. The summed E-state index contributed by atoms with van der Waals surface area (Å²) in [6.07, 6.45) is -4.36. The molecule has 1 aliphatic heterocycles. The second-order valence-corrected chi connectivity index (χ2v) is 10.6. The van der Waals surface area contributed by atoms with Gasteiger partial charge in [-0.15, -0.1) is 0 Å². The molecule has 0 bridgehead atoms. The molecule has 1 saturated heterocycles. The number of benzene rings is 2. The number of ether oxygens (including phenoxy) is 2. The Kier molecular flexibility index (Phi) is 11.3. The number of nitrogens with one attached hydrogen (secondary N) is 2. The highest BCUT2D eigenvalue weighted by atomic mass is 32.2. The third-order valence-corrected chi connectivity index (χ3v) is 7.31. The monoisotopic (exact) mass is 560 g/mol. The number of aliphatic hydroxyl groups excluding tert-OH is 2. The van der Waals surface area contributed by atoms with E-state index in [4.69, 9.17) is 9.47 Å². The molecule has 1 aliphatic rings. The van der Waals surface area contributed by atoms with Crippen LogP contribution < -0.4 is 10.6 Å². The zero-order valence-corrected chi connectivity index (χ0v) is 22.9. The third-order valence-electron chi connectivity index (χ3n) is 6.45. The number of hydrogen-bond donors (Lipinski definition) is 5. The topological polar surface area (TPSA) is 154 Å². The largest absolute Gasteiger partial charge is 0.477 e. The van der Waals surface area contributed by atoms with Crippen molar-refractivity contribution in [1.82, 2.24) is 10.6 Å². The van der Waals surface area contributed by atoms with Crippen molar-refractivity contribution >= 4 is 29.5 Å². The first-order valence-corrected chi connectivity index (χ1v) is 14.0. The van der Waals surface area contributed by atoms with Crippen molar-refractivity contribution in [2.75, 3.05) is 24.7 Å². The Bertz CT molecular complexity index is 1100. The molecular weight excluding hydrogens is 524 g/mol. The molecule has 5 atom stereocenters. The van der Waals surface area contributed by atoms with Gasteiger partial charge in [-0.2, -0.15) is 11.8 Å². The van der Waals surface area contributed by atoms with E-state index >= 15 is 0 Å². The molecule has 2 amide bonds. The minimum atomic E-state index is -2.03. The number of thioether (sulfide) groups is 1. The predicted molar refractivity (Wildman–Crippen MR) is 147 cm³/mol.